The van der Waals surface area contributed by atoms with E-state index in [1.807, 2.05) is 6.07 Å². The highest BCUT2D eigenvalue weighted by Gasteiger charge is 2.49. The Kier molecular flexibility index (Phi) is 9.11. The van der Waals surface area contributed by atoms with Gasteiger partial charge in [-0.2, -0.15) is 5.26 Å². The summed E-state index contributed by atoms with van der Waals surface area (Å²) in [4.78, 5) is 17.1. The number of benzene rings is 4. The van der Waals surface area contributed by atoms with E-state index in [2.05, 4.69) is 123 Å². The van der Waals surface area contributed by atoms with Crippen LogP contribution in [0, 0.1) is 46.8 Å². The Hall–Kier alpha value is -4.82. The third-order valence-corrected chi connectivity index (χ3v) is 15.3. The molecule has 4 fully saturated rings. The lowest BCUT2D eigenvalue weighted by atomic mass is 9.57. The normalized spacial score (nSPS) is 29.7. The van der Waals surface area contributed by atoms with Gasteiger partial charge in [-0.25, -0.2) is 15.0 Å². The van der Waals surface area contributed by atoms with Gasteiger partial charge in [0.2, 0.25) is 0 Å². The molecule has 0 spiro atoms. The zero-order valence-electron chi connectivity index (χ0n) is 34.3. The van der Waals surface area contributed by atoms with E-state index in [1.54, 1.807) is 0 Å². The van der Waals surface area contributed by atoms with Crippen LogP contribution in [-0.2, 0) is 10.8 Å². The van der Waals surface area contributed by atoms with Crippen LogP contribution in [0.2, 0.25) is 0 Å². The molecule has 6 aromatic rings. The average Bonchev–Trinajstić information content (AvgIpc) is 3.56. The van der Waals surface area contributed by atoms with Gasteiger partial charge in [0, 0.05) is 27.2 Å². The van der Waals surface area contributed by atoms with Gasteiger partial charge in [-0.15, -0.1) is 0 Å². The lowest BCUT2D eigenvalue weighted by Gasteiger charge is -2.49. The number of hydrogen-bond donors (Lipinski definition) is 0. The van der Waals surface area contributed by atoms with E-state index in [1.165, 1.54) is 60.4 Å². The van der Waals surface area contributed by atoms with Gasteiger partial charge in [-0.1, -0.05) is 82.3 Å². The first-order valence-electron chi connectivity index (χ1n) is 22.2. The number of aromatic nitrogens is 4. The quantitative estimate of drug-likeness (QED) is 0.163. The van der Waals surface area contributed by atoms with Crippen molar-refractivity contribution >= 4 is 21.8 Å². The van der Waals surface area contributed by atoms with Gasteiger partial charge in [0.05, 0.1) is 28.4 Å². The zero-order valence-corrected chi connectivity index (χ0v) is 34.3. The molecule has 290 valence electrons. The molecule has 0 N–H and O–H groups in total. The summed E-state index contributed by atoms with van der Waals surface area (Å²) in [5.74, 6) is 7.28. The fraction of sp³-hybridized carbons (Fsp3) is 0.462. The van der Waals surface area contributed by atoms with Crippen LogP contribution >= 0.6 is 0 Å². The van der Waals surface area contributed by atoms with Crippen molar-refractivity contribution in [3.05, 3.63) is 108 Å². The van der Waals surface area contributed by atoms with Crippen LogP contribution in [-0.4, -0.2) is 19.5 Å². The number of nitrogens with zero attached hydrogens (tertiary/aromatic N) is 5. The molecule has 4 saturated carbocycles. The monoisotopic (exact) mass is 751 g/mol. The molecule has 5 heteroatoms. The Morgan fingerprint density at radius 1 is 0.596 bits per heavy atom. The van der Waals surface area contributed by atoms with Crippen molar-refractivity contribution in [1.29, 1.82) is 5.26 Å². The minimum Gasteiger partial charge on any atom is -0.308 e. The molecule has 10 rings (SSSR count). The second-order valence-corrected chi connectivity index (χ2v) is 19.3. The number of nitriles is 1. The molecule has 4 aliphatic carbocycles. The second kappa shape index (κ2) is 14.2. The summed E-state index contributed by atoms with van der Waals surface area (Å²) in [5.41, 5.74) is 7.09. The maximum atomic E-state index is 10.4. The number of fused-ring (bicyclic) bond motifs is 7. The van der Waals surface area contributed by atoms with Crippen LogP contribution < -0.4 is 0 Å². The maximum Gasteiger partial charge on any atom is 0.165 e. The largest absolute Gasteiger partial charge is 0.308 e. The molecule has 2 heterocycles. The topological polar surface area (TPSA) is 67.4 Å². The summed E-state index contributed by atoms with van der Waals surface area (Å²) >= 11 is 0. The predicted octanol–water partition coefficient (Wildman–Crippen LogP) is 13.2. The standard InChI is InChI=1S/C52H57N5/c1-5-51(28-36-20-33(3)21-37(24-36)29-51)49-54-48(55-50(56-49)52(6-2)30-38-22-34(4)23-39(25-38)31-52)44-26-35(32-53)16-18-47(44)57-45-15-11-10-14-42(45)43-27-41(17-19-46(43)57)40-12-8-7-9-13-40/h7-19,26-27,33-34,36-39H,5-6,20-25,28-31H2,1-4H3. The molecule has 4 aliphatic rings. The van der Waals surface area contributed by atoms with E-state index in [0.29, 0.717) is 5.56 Å². The van der Waals surface area contributed by atoms with Gasteiger partial charge >= 0.3 is 0 Å². The summed E-state index contributed by atoms with van der Waals surface area (Å²) in [6.45, 7) is 9.70. The number of rotatable bonds is 7. The smallest absolute Gasteiger partial charge is 0.165 e. The molecule has 0 amide bonds. The molecular formula is C52H57N5. The highest BCUT2D eigenvalue weighted by molar-refractivity contribution is 6.11. The van der Waals surface area contributed by atoms with E-state index in [-0.39, 0.29) is 10.8 Å². The molecule has 5 nitrogen and oxygen atoms in total. The van der Waals surface area contributed by atoms with E-state index in [4.69, 9.17) is 15.0 Å². The van der Waals surface area contributed by atoms with Crippen LogP contribution in [0.25, 0.3) is 50.0 Å². The molecule has 4 atom stereocenters. The van der Waals surface area contributed by atoms with Crippen molar-refractivity contribution < 1.29 is 0 Å². The SMILES string of the molecule is CCC1(c2nc(-c3cc(C#N)ccc3-n3c4ccccc4c4cc(-c5ccccc5)ccc43)nc(C3(CC)CC4CC(C)CC(C4)C3)n2)CC2CC(C)CC(C2)C1. The highest BCUT2D eigenvalue weighted by atomic mass is 15.1. The fourth-order valence-corrected chi connectivity index (χ4v) is 13.1. The third kappa shape index (κ3) is 6.30. The lowest BCUT2D eigenvalue weighted by Crippen LogP contribution is -2.44. The molecule has 0 radical (unpaired) electrons. The van der Waals surface area contributed by atoms with Gasteiger partial charge < -0.3 is 4.57 Å². The summed E-state index contributed by atoms with van der Waals surface area (Å²) < 4.78 is 2.39. The highest BCUT2D eigenvalue weighted by Crippen LogP contribution is 2.55. The van der Waals surface area contributed by atoms with Crippen molar-refractivity contribution in [3.8, 4) is 34.3 Å². The van der Waals surface area contributed by atoms with Crippen molar-refractivity contribution in [2.45, 2.75) is 116 Å². The Morgan fingerprint density at radius 2 is 1.16 bits per heavy atom. The first-order chi connectivity index (χ1) is 27.8. The summed E-state index contributed by atoms with van der Waals surface area (Å²) in [6, 6.07) is 34.9. The Bertz CT molecular complexity index is 2410. The molecule has 2 aromatic heterocycles. The Balaban J connectivity index is 1.20. The molecule has 4 unspecified atom stereocenters. The van der Waals surface area contributed by atoms with Gasteiger partial charge in [-0.3, -0.25) is 0 Å². The van der Waals surface area contributed by atoms with Crippen LogP contribution in [0.1, 0.15) is 122 Å². The second-order valence-electron chi connectivity index (χ2n) is 19.3. The predicted molar refractivity (Wildman–Crippen MR) is 232 cm³/mol. The molecule has 4 bridgehead atoms. The van der Waals surface area contributed by atoms with Crippen LogP contribution in [0.5, 0.6) is 0 Å². The van der Waals surface area contributed by atoms with Gasteiger partial charge in [0.15, 0.2) is 5.82 Å². The van der Waals surface area contributed by atoms with Crippen LogP contribution in [0.4, 0.5) is 0 Å². The van der Waals surface area contributed by atoms with E-state index >= 15 is 0 Å². The van der Waals surface area contributed by atoms with E-state index < -0.39 is 0 Å². The first-order valence-corrected chi connectivity index (χ1v) is 22.2. The zero-order chi connectivity index (χ0) is 38.9. The molecule has 4 aromatic carbocycles. The first kappa shape index (κ1) is 36.5. The minimum absolute atomic E-state index is 0.0676. The van der Waals surface area contributed by atoms with Crippen molar-refractivity contribution in [1.82, 2.24) is 19.5 Å². The molecule has 57 heavy (non-hydrogen) atoms. The summed E-state index contributed by atoms with van der Waals surface area (Å²) in [5, 5.41) is 12.8. The molecular weight excluding hydrogens is 695 g/mol. The van der Waals surface area contributed by atoms with Gasteiger partial charge in [-0.05, 0) is 160 Å². The molecule has 0 aliphatic heterocycles. The average molecular weight is 752 g/mol. The summed E-state index contributed by atoms with van der Waals surface area (Å²) in [7, 11) is 0. The summed E-state index contributed by atoms with van der Waals surface area (Å²) in [6.07, 6.45) is 14.7. The molecule has 0 saturated heterocycles. The van der Waals surface area contributed by atoms with E-state index in [0.717, 1.165) is 114 Å². The van der Waals surface area contributed by atoms with Gasteiger partial charge in [0.25, 0.3) is 0 Å². The van der Waals surface area contributed by atoms with Crippen molar-refractivity contribution in [3.63, 3.8) is 0 Å². The Morgan fingerprint density at radius 3 is 1.74 bits per heavy atom. The Labute approximate surface area is 339 Å². The minimum atomic E-state index is -0.0676. The van der Waals surface area contributed by atoms with Crippen LogP contribution in [0.15, 0.2) is 91.0 Å². The third-order valence-electron chi connectivity index (χ3n) is 15.3. The van der Waals surface area contributed by atoms with Crippen molar-refractivity contribution in [2.75, 3.05) is 0 Å². The van der Waals surface area contributed by atoms with Crippen LogP contribution in [0.3, 0.4) is 0 Å². The lowest BCUT2D eigenvalue weighted by molar-refractivity contribution is 0.0679. The van der Waals surface area contributed by atoms with E-state index in [9.17, 15) is 5.26 Å². The van der Waals surface area contributed by atoms with Gasteiger partial charge in [0.1, 0.15) is 11.6 Å². The fourth-order valence-electron chi connectivity index (χ4n) is 13.1. The van der Waals surface area contributed by atoms with Crippen molar-refractivity contribution in [2.24, 2.45) is 35.5 Å². The number of para-hydroxylation sites is 1. The maximum absolute atomic E-state index is 10.4. The number of hydrogen-bond acceptors (Lipinski definition) is 4.